The Labute approximate surface area is 160 Å². The molecule has 1 atom stereocenters. The molecule has 0 unspecified atom stereocenters. The van der Waals surface area contributed by atoms with Gasteiger partial charge in [-0.05, 0) is 38.0 Å². The van der Waals surface area contributed by atoms with Gasteiger partial charge in [0.1, 0.15) is 5.01 Å². The van der Waals surface area contributed by atoms with Gasteiger partial charge in [0.05, 0.1) is 12.4 Å². The van der Waals surface area contributed by atoms with Crippen molar-refractivity contribution in [2.45, 2.75) is 25.8 Å². The highest BCUT2D eigenvalue weighted by Gasteiger charge is 2.32. The summed E-state index contributed by atoms with van der Waals surface area (Å²) in [5.74, 6) is -0.686. The molecule has 0 saturated carbocycles. The van der Waals surface area contributed by atoms with E-state index in [0.717, 1.165) is 23.5 Å². The zero-order valence-corrected chi connectivity index (χ0v) is 15.6. The molecule has 1 fully saturated rings. The topological polar surface area (TPSA) is 94.1 Å². The number of carbonyl (C=O) groups excluding carboxylic acids is 2. The molecule has 7 nitrogen and oxygen atoms in total. The summed E-state index contributed by atoms with van der Waals surface area (Å²) in [6.07, 6.45) is 6.83. The fourth-order valence-corrected chi connectivity index (χ4v) is 4.34. The molecular weight excluding hydrogens is 362 g/mol. The standard InChI is InChI=1S/C19H19N5O2S/c1-12-10-27-18(22-12)16-3-2-5-24(16)19(26)14-7-13(17(20)25)8-15(9-14)23-6-4-21-11-23/h4,6-11,16H,2-3,5H2,1H3,(H2,20,25)/t16-/m1/s1. The number of likely N-dealkylation sites (tertiary alicyclic amines) is 1. The molecule has 0 spiro atoms. The highest BCUT2D eigenvalue weighted by molar-refractivity contribution is 7.09. The molecule has 0 aliphatic carbocycles. The maximum absolute atomic E-state index is 13.3. The van der Waals surface area contributed by atoms with Crippen molar-refractivity contribution in [1.82, 2.24) is 19.4 Å². The molecule has 27 heavy (non-hydrogen) atoms. The number of aromatic nitrogens is 3. The van der Waals surface area contributed by atoms with E-state index in [0.29, 0.717) is 23.4 Å². The lowest BCUT2D eigenvalue weighted by Gasteiger charge is -2.23. The van der Waals surface area contributed by atoms with Crippen LogP contribution >= 0.6 is 11.3 Å². The summed E-state index contributed by atoms with van der Waals surface area (Å²) in [7, 11) is 0. The third-order valence-electron chi connectivity index (χ3n) is 4.69. The van der Waals surface area contributed by atoms with E-state index in [-0.39, 0.29) is 11.9 Å². The molecule has 1 saturated heterocycles. The second-order valence-electron chi connectivity index (χ2n) is 6.59. The first-order chi connectivity index (χ1) is 13.0. The van der Waals surface area contributed by atoms with Crippen molar-refractivity contribution in [3.63, 3.8) is 0 Å². The molecule has 0 bridgehead atoms. The van der Waals surface area contributed by atoms with E-state index in [1.165, 1.54) is 0 Å². The summed E-state index contributed by atoms with van der Waals surface area (Å²) in [5, 5.41) is 2.96. The van der Waals surface area contributed by atoms with Gasteiger partial charge < -0.3 is 15.2 Å². The predicted octanol–water partition coefficient (Wildman–Crippen LogP) is 2.71. The normalized spacial score (nSPS) is 16.6. The Hall–Kier alpha value is -3.00. The maximum Gasteiger partial charge on any atom is 0.254 e. The monoisotopic (exact) mass is 381 g/mol. The van der Waals surface area contributed by atoms with Crippen LogP contribution in [-0.4, -0.2) is 37.8 Å². The van der Waals surface area contributed by atoms with Crippen LogP contribution in [0.1, 0.15) is 50.3 Å². The number of primary amides is 1. The predicted molar refractivity (Wildman–Crippen MR) is 102 cm³/mol. The Bertz CT molecular complexity index is 995. The lowest BCUT2D eigenvalue weighted by Crippen LogP contribution is -2.31. The van der Waals surface area contributed by atoms with Crippen molar-refractivity contribution in [3.8, 4) is 5.69 Å². The van der Waals surface area contributed by atoms with Gasteiger partial charge in [-0.1, -0.05) is 0 Å². The van der Waals surface area contributed by atoms with E-state index in [1.54, 1.807) is 52.8 Å². The third-order valence-corrected chi connectivity index (χ3v) is 5.75. The molecule has 2 N–H and O–H groups in total. The zero-order chi connectivity index (χ0) is 19.0. The quantitative estimate of drug-likeness (QED) is 0.752. The third kappa shape index (κ3) is 3.35. The molecule has 138 valence electrons. The van der Waals surface area contributed by atoms with Crippen LogP contribution in [0.3, 0.4) is 0 Å². The number of benzene rings is 1. The number of imidazole rings is 1. The molecular formula is C19H19N5O2S. The number of amides is 2. The highest BCUT2D eigenvalue weighted by atomic mass is 32.1. The number of aryl methyl sites for hydroxylation is 1. The van der Waals surface area contributed by atoms with Crippen LogP contribution < -0.4 is 5.73 Å². The number of rotatable bonds is 4. The van der Waals surface area contributed by atoms with Crippen molar-refractivity contribution in [2.24, 2.45) is 5.73 Å². The largest absolute Gasteiger partial charge is 0.366 e. The van der Waals surface area contributed by atoms with Gasteiger partial charge in [-0.15, -0.1) is 11.3 Å². The smallest absolute Gasteiger partial charge is 0.254 e. The summed E-state index contributed by atoms with van der Waals surface area (Å²) in [5.41, 5.74) is 7.86. The molecule has 0 radical (unpaired) electrons. The van der Waals surface area contributed by atoms with E-state index in [4.69, 9.17) is 5.73 Å². The summed E-state index contributed by atoms with van der Waals surface area (Å²) in [4.78, 5) is 35.5. The van der Waals surface area contributed by atoms with Crippen molar-refractivity contribution in [3.05, 3.63) is 64.1 Å². The fourth-order valence-electron chi connectivity index (χ4n) is 3.40. The Morgan fingerprint density at radius 1 is 1.26 bits per heavy atom. The van der Waals surface area contributed by atoms with Gasteiger partial charge in [-0.3, -0.25) is 9.59 Å². The Kier molecular flexibility index (Phi) is 4.49. The second kappa shape index (κ2) is 6.96. The summed E-state index contributed by atoms with van der Waals surface area (Å²) in [6, 6.07) is 4.96. The fraction of sp³-hybridized carbons (Fsp3) is 0.263. The number of thiazole rings is 1. The molecule has 1 aliphatic rings. The van der Waals surface area contributed by atoms with Crippen LogP contribution in [0.15, 0.2) is 42.3 Å². The van der Waals surface area contributed by atoms with Crippen molar-refractivity contribution in [1.29, 1.82) is 0 Å². The molecule has 2 aromatic heterocycles. The Morgan fingerprint density at radius 3 is 2.74 bits per heavy atom. The van der Waals surface area contributed by atoms with Crippen molar-refractivity contribution >= 4 is 23.2 Å². The first-order valence-corrected chi connectivity index (χ1v) is 9.57. The number of carbonyl (C=O) groups is 2. The molecule has 1 aromatic carbocycles. The lowest BCUT2D eigenvalue weighted by atomic mass is 10.1. The first kappa shape index (κ1) is 17.4. The number of hydrogen-bond donors (Lipinski definition) is 1. The van der Waals surface area contributed by atoms with E-state index in [2.05, 4.69) is 9.97 Å². The molecule has 4 rings (SSSR count). The van der Waals surface area contributed by atoms with Gasteiger partial charge in [0.15, 0.2) is 0 Å². The van der Waals surface area contributed by atoms with E-state index in [1.807, 2.05) is 17.2 Å². The number of nitrogens with two attached hydrogens (primary N) is 1. The van der Waals surface area contributed by atoms with E-state index < -0.39 is 5.91 Å². The highest BCUT2D eigenvalue weighted by Crippen LogP contribution is 2.35. The summed E-state index contributed by atoms with van der Waals surface area (Å²) >= 11 is 1.58. The van der Waals surface area contributed by atoms with Crippen LogP contribution in [-0.2, 0) is 0 Å². The van der Waals surface area contributed by atoms with Crippen LogP contribution in [0.2, 0.25) is 0 Å². The van der Waals surface area contributed by atoms with E-state index >= 15 is 0 Å². The molecule has 1 aliphatic heterocycles. The molecule has 2 amide bonds. The van der Waals surface area contributed by atoms with Crippen LogP contribution in [0.25, 0.3) is 5.69 Å². The molecule has 8 heteroatoms. The number of hydrogen-bond acceptors (Lipinski definition) is 5. The van der Waals surface area contributed by atoms with Crippen molar-refractivity contribution in [2.75, 3.05) is 6.54 Å². The van der Waals surface area contributed by atoms with Crippen molar-refractivity contribution < 1.29 is 9.59 Å². The maximum atomic E-state index is 13.3. The Balaban J connectivity index is 1.71. The van der Waals surface area contributed by atoms with E-state index in [9.17, 15) is 9.59 Å². The average molecular weight is 381 g/mol. The number of nitrogens with zero attached hydrogens (tertiary/aromatic N) is 4. The van der Waals surface area contributed by atoms with Gasteiger partial charge in [-0.2, -0.15) is 0 Å². The summed E-state index contributed by atoms with van der Waals surface area (Å²) < 4.78 is 1.74. The minimum Gasteiger partial charge on any atom is -0.366 e. The van der Waals surface area contributed by atoms with Gasteiger partial charge in [0, 0.05) is 46.8 Å². The average Bonchev–Trinajstić information content (AvgIpc) is 3.41. The lowest BCUT2D eigenvalue weighted by molar-refractivity contribution is 0.0735. The van der Waals surface area contributed by atoms with Crippen LogP contribution in [0.5, 0.6) is 0 Å². The second-order valence-corrected chi connectivity index (χ2v) is 7.48. The minimum absolute atomic E-state index is 0.0230. The first-order valence-electron chi connectivity index (χ1n) is 8.69. The molecule has 3 heterocycles. The summed E-state index contributed by atoms with van der Waals surface area (Å²) in [6.45, 7) is 2.62. The van der Waals surface area contributed by atoms with Gasteiger partial charge >= 0.3 is 0 Å². The SMILES string of the molecule is Cc1csc([C@H]2CCCN2C(=O)c2cc(C(N)=O)cc(-n3ccnc3)c2)n1. The Morgan fingerprint density at radius 2 is 2.07 bits per heavy atom. The minimum atomic E-state index is -0.570. The van der Waals surface area contributed by atoms with Gasteiger partial charge in [0.2, 0.25) is 5.91 Å². The zero-order valence-electron chi connectivity index (χ0n) is 14.8. The van der Waals surface area contributed by atoms with Gasteiger partial charge in [-0.25, -0.2) is 9.97 Å². The van der Waals surface area contributed by atoms with Crippen LogP contribution in [0, 0.1) is 6.92 Å². The van der Waals surface area contributed by atoms with Crippen LogP contribution in [0.4, 0.5) is 0 Å². The van der Waals surface area contributed by atoms with Gasteiger partial charge in [0.25, 0.3) is 5.91 Å². The molecule has 3 aromatic rings.